The van der Waals surface area contributed by atoms with Crippen LogP contribution in [0.1, 0.15) is 38.1 Å². The Hall–Kier alpha value is -3.78. The molecule has 0 aliphatic rings. The van der Waals surface area contributed by atoms with Crippen molar-refractivity contribution in [1.82, 2.24) is 29.9 Å². The first-order chi connectivity index (χ1) is 17.3. The Morgan fingerprint density at radius 2 is 1.78 bits per heavy atom. The highest BCUT2D eigenvalue weighted by atomic mass is 32.2. The summed E-state index contributed by atoms with van der Waals surface area (Å²) in [6.45, 7) is 12.8. The van der Waals surface area contributed by atoms with Gasteiger partial charge in [0.1, 0.15) is 0 Å². The van der Waals surface area contributed by atoms with Crippen LogP contribution in [0.4, 0.5) is 0 Å². The van der Waals surface area contributed by atoms with Crippen molar-refractivity contribution in [2.75, 3.05) is 0 Å². The van der Waals surface area contributed by atoms with E-state index in [9.17, 15) is 0 Å². The van der Waals surface area contributed by atoms with Crippen molar-refractivity contribution in [3.05, 3.63) is 84.6 Å². The van der Waals surface area contributed by atoms with Crippen LogP contribution in [0, 0.1) is 6.92 Å². The summed E-state index contributed by atoms with van der Waals surface area (Å²) in [4.78, 5) is 4.93. The van der Waals surface area contributed by atoms with E-state index in [4.69, 9.17) is 9.40 Å². The third-order valence-corrected chi connectivity index (χ3v) is 6.72. The third kappa shape index (κ3) is 4.81. The summed E-state index contributed by atoms with van der Waals surface area (Å²) in [5.74, 6) is 2.46. The van der Waals surface area contributed by atoms with Gasteiger partial charge in [-0.3, -0.25) is 4.57 Å². The summed E-state index contributed by atoms with van der Waals surface area (Å²) in [5.41, 5.74) is 4.86. The van der Waals surface area contributed by atoms with Gasteiger partial charge in [0.25, 0.3) is 0 Å². The summed E-state index contributed by atoms with van der Waals surface area (Å²) >= 11 is 1.52. The van der Waals surface area contributed by atoms with Gasteiger partial charge in [0.15, 0.2) is 11.0 Å². The highest BCUT2D eigenvalue weighted by Gasteiger charge is 2.22. The minimum atomic E-state index is -0.191. The molecule has 5 aromatic rings. The fourth-order valence-corrected chi connectivity index (χ4v) is 4.65. The average Bonchev–Trinajstić information content (AvgIpc) is 3.50. The largest absolute Gasteiger partial charge is 0.424 e. The molecule has 5 rings (SSSR count). The first-order valence-corrected chi connectivity index (χ1v) is 12.8. The Morgan fingerprint density at radius 3 is 2.50 bits per heavy atom. The number of hydrogen-bond donors (Lipinski definition) is 0. The molecule has 0 saturated carbocycles. The molecule has 0 saturated heterocycles. The van der Waals surface area contributed by atoms with Crippen molar-refractivity contribution in [3.63, 3.8) is 0 Å². The van der Waals surface area contributed by atoms with Gasteiger partial charge >= 0.3 is 0 Å². The fraction of sp³-hybridized carbons (Fsp3) is 0.250. The molecule has 0 spiro atoms. The van der Waals surface area contributed by atoms with Crippen LogP contribution in [0.25, 0.3) is 33.5 Å². The Morgan fingerprint density at radius 1 is 1.00 bits per heavy atom. The van der Waals surface area contributed by atoms with E-state index in [1.165, 1.54) is 17.3 Å². The number of aryl methyl sites for hydroxylation is 1. The number of allylic oxidation sites excluding steroid dienone is 1. The van der Waals surface area contributed by atoms with Crippen LogP contribution in [-0.4, -0.2) is 29.9 Å². The summed E-state index contributed by atoms with van der Waals surface area (Å²) in [7, 11) is 0. The highest BCUT2D eigenvalue weighted by molar-refractivity contribution is 7.98. The van der Waals surface area contributed by atoms with E-state index in [1.807, 2.05) is 45.0 Å². The number of pyridine rings is 1. The average molecular weight is 497 g/mol. The minimum absolute atomic E-state index is 0.191. The predicted octanol–water partition coefficient (Wildman–Crippen LogP) is 6.63. The molecule has 0 N–H and O–H groups in total. The number of benzene rings is 2. The number of rotatable bonds is 7. The van der Waals surface area contributed by atoms with Crippen LogP contribution in [0.15, 0.2) is 76.8 Å². The van der Waals surface area contributed by atoms with E-state index in [0.29, 0.717) is 24.1 Å². The second-order valence-electron chi connectivity index (χ2n) is 9.68. The summed E-state index contributed by atoms with van der Waals surface area (Å²) < 4.78 is 7.93. The molecule has 0 atom stereocenters. The zero-order chi connectivity index (χ0) is 25.3. The second kappa shape index (κ2) is 9.70. The maximum atomic E-state index is 5.86. The Kier molecular flexibility index (Phi) is 6.45. The van der Waals surface area contributed by atoms with Crippen LogP contribution >= 0.6 is 11.8 Å². The van der Waals surface area contributed by atoms with Gasteiger partial charge in [0.2, 0.25) is 11.8 Å². The molecule has 0 aliphatic carbocycles. The lowest BCUT2D eigenvalue weighted by molar-refractivity contribution is 0.378. The van der Waals surface area contributed by atoms with E-state index in [1.54, 1.807) is 0 Å². The highest BCUT2D eigenvalue weighted by Crippen LogP contribution is 2.34. The number of aromatic nitrogens is 6. The topological polar surface area (TPSA) is 82.5 Å². The first-order valence-electron chi connectivity index (χ1n) is 11.8. The SMILES string of the molecule is C=CCn1c(SCc2nnc(C(C)(C)C)o2)nnc1-c1cc(-c2ccc(C)cc2)nc2ccccc12. The van der Waals surface area contributed by atoms with Gasteiger partial charge in [0.05, 0.1) is 17.0 Å². The Balaban J connectivity index is 1.54. The molecule has 182 valence electrons. The van der Waals surface area contributed by atoms with Gasteiger partial charge in [-0.1, -0.05) is 86.6 Å². The minimum Gasteiger partial charge on any atom is -0.424 e. The van der Waals surface area contributed by atoms with Crippen molar-refractivity contribution >= 4 is 22.7 Å². The quantitative estimate of drug-likeness (QED) is 0.185. The van der Waals surface area contributed by atoms with E-state index >= 15 is 0 Å². The standard InChI is InChI=1S/C28H28N6OS/c1-6-15-34-25(31-33-27(34)36-17-24-30-32-26(35-24)28(3,4)5)21-16-23(19-13-11-18(2)12-14-19)29-22-10-8-7-9-20(21)22/h6-14,16H,1,15,17H2,2-5H3. The summed E-state index contributed by atoms with van der Waals surface area (Å²) in [5, 5.41) is 19.3. The predicted molar refractivity (Wildman–Crippen MR) is 144 cm³/mol. The van der Waals surface area contributed by atoms with Crippen LogP contribution in [-0.2, 0) is 17.7 Å². The van der Waals surface area contributed by atoms with Crippen molar-refractivity contribution in [2.45, 2.75) is 50.6 Å². The molecule has 3 aromatic heterocycles. The molecule has 0 radical (unpaired) electrons. The first kappa shape index (κ1) is 23.9. The Bertz CT molecular complexity index is 1530. The molecule has 0 amide bonds. The zero-order valence-electron chi connectivity index (χ0n) is 20.9. The molecule has 8 heteroatoms. The van der Waals surface area contributed by atoms with Gasteiger partial charge < -0.3 is 4.42 Å². The fourth-order valence-electron chi connectivity index (χ4n) is 3.86. The van der Waals surface area contributed by atoms with Crippen LogP contribution < -0.4 is 0 Å². The molecule has 0 fully saturated rings. The van der Waals surface area contributed by atoms with Gasteiger partial charge in [-0.15, -0.1) is 27.0 Å². The van der Waals surface area contributed by atoms with Crippen LogP contribution in [0.3, 0.4) is 0 Å². The molecule has 0 unspecified atom stereocenters. The normalized spacial score (nSPS) is 11.8. The second-order valence-corrected chi connectivity index (χ2v) is 10.6. The van der Waals surface area contributed by atoms with E-state index in [0.717, 1.165) is 38.7 Å². The van der Waals surface area contributed by atoms with Crippen molar-refractivity contribution in [3.8, 4) is 22.6 Å². The van der Waals surface area contributed by atoms with E-state index < -0.39 is 0 Å². The van der Waals surface area contributed by atoms with Crippen molar-refractivity contribution < 1.29 is 4.42 Å². The molecule has 3 heterocycles. The van der Waals surface area contributed by atoms with Gasteiger partial charge in [0, 0.05) is 28.5 Å². The molecular weight excluding hydrogens is 468 g/mol. The molecule has 0 aliphatic heterocycles. The smallest absolute Gasteiger partial charge is 0.226 e. The zero-order valence-corrected chi connectivity index (χ0v) is 21.7. The third-order valence-electron chi connectivity index (χ3n) is 5.77. The lowest BCUT2D eigenvalue weighted by Crippen LogP contribution is -2.11. The molecule has 0 bridgehead atoms. The van der Waals surface area contributed by atoms with Gasteiger partial charge in [-0.2, -0.15) is 0 Å². The number of para-hydroxylation sites is 1. The lowest BCUT2D eigenvalue weighted by atomic mass is 9.97. The molecule has 7 nitrogen and oxygen atoms in total. The maximum Gasteiger partial charge on any atom is 0.226 e. The number of fused-ring (bicyclic) bond motifs is 1. The number of hydrogen-bond acceptors (Lipinski definition) is 7. The van der Waals surface area contributed by atoms with Gasteiger partial charge in [-0.05, 0) is 19.1 Å². The number of thioether (sulfide) groups is 1. The molecule has 36 heavy (non-hydrogen) atoms. The van der Waals surface area contributed by atoms with E-state index in [2.05, 4.69) is 74.9 Å². The summed E-state index contributed by atoms with van der Waals surface area (Å²) in [6.07, 6.45) is 1.85. The Labute approximate surface area is 214 Å². The van der Waals surface area contributed by atoms with Crippen molar-refractivity contribution in [1.29, 1.82) is 0 Å². The van der Waals surface area contributed by atoms with Gasteiger partial charge in [-0.25, -0.2) is 4.98 Å². The van der Waals surface area contributed by atoms with Crippen molar-refractivity contribution in [2.24, 2.45) is 0 Å². The lowest BCUT2D eigenvalue weighted by Gasteiger charge is -2.12. The van der Waals surface area contributed by atoms with Crippen LogP contribution in [0.2, 0.25) is 0 Å². The monoisotopic (exact) mass is 496 g/mol. The number of nitrogens with zero attached hydrogens (tertiary/aromatic N) is 6. The maximum absolute atomic E-state index is 5.86. The van der Waals surface area contributed by atoms with Crippen LogP contribution in [0.5, 0.6) is 0 Å². The molecule has 2 aromatic carbocycles. The summed E-state index contributed by atoms with van der Waals surface area (Å²) in [6, 6.07) is 18.6. The van der Waals surface area contributed by atoms with E-state index in [-0.39, 0.29) is 5.41 Å². The molecular formula is C28H28N6OS.